The summed E-state index contributed by atoms with van der Waals surface area (Å²) in [5, 5.41) is 8.89. The highest BCUT2D eigenvalue weighted by atomic mass is 79.9. The second-order valence-corrected chi connectivity index (χ2v) is 3.77. The maximum atomic E-state index is 5.53. The van der Waals surface area contributed by atoms with Gasteiger partial charge >= 0.3 is 0 Å². The number of rotatable bonds is 4. The Hall–Kier alpha value is -1.36. The third-order valence-corrected chi connectivity index (χ3v) is 2.43. The van der Waals surface area contributed by atoms with Crippen LogP contribution in [0.4, 0.5) is 0 Å². The van der Waals surface area contributed by atoms with Crippen LogP contribution in [0.1, 0.15) is 6.92 Å². The fourth-order valence-electron chi connectivity index (χ4n) is 1.45. The van der Waals surface area contributed by atoms with Gasteiger partial charge in [-0.25, -0.2) is 0 Å². The number of ether oxygens (including phenoxy) is 1. The minimum atomic E-state index is 0.604. The van der Waals surface area contributed by atoms with Crippen LogP contribution in [0.5, 0.6) is 0 Å². The van der Waals surface area contributed by atoms with E-state index in [0.29, 0.717) is 12.5 Å². The molecule has 0 saturated carbocycles. The van der Waals surface area contributed by atoms with Gasteiger partial charge in [-0.05, 0) is 25.1 Å². The molecule has 0 aliphatic heterocycles. The van der Waals surface area contributed by atoms with Crippen molar-refractivity contribution in [2.24, 2.45) is 0 Å². The zero-order valence-corrected chi connectivity index (χ0v) is 10.5. The van der Waals surface area contributed by atoms with Crippen molar-refractivity contribution in [3.05, 3.63) is 30.3 Å². The first-order valence-electron chi connectivity index (χ1n) is 5.06. The van der Waals surface area contributed by atoms with Gasteiger partial charge in [0.25, 0.3) is 0 Å². The summed E-state index contributed by atoms with van der Waals surface area (Å²) in [6.45, 7) is 2.55. The predicted molar refractivity (Wildman–Crippen MR) is 67.2 cm³/mol. The van der Waals surface area contributed by atoms with Crippen LogP contribution < -0.4 is 0 Å². The van der Waals surface area contributed by atoms with Crippen LogP contribution in [0.2, 0.25) is 0 Å². The Bertz CT molecular complexity index is 507. The van der Waals surface area contributed by atoms with Crippen molar-refractivity contribution in [3.8, 4) is 0 Å². The molecule has 0 radical (unpaired) electrons. The molecule has 1 aromatic carbocycles. The second-order valence-electron chi connectivity index (χ2n) is 3.12. The zero-order valence-electron chi connectivity index (χ0n) is 8.93. The van der Waals surface area contributed by atoms with Crippen molar-refractivity contribution in [2.45, 2.75) is 6.92 Å². The number of halogens is 1. The van der Waals surface area contributed by atoms with E-state index >= 15 is 0 Å². The average molecular weight is 282 g/mol. The standard InChI is InChI=1S/C11H12BrN3O/c1-2-16-11(7-8-12)15-10-6-4-3-5-9(10)13-14-15/h3-7H,2,8H2,1H3/b11-7+. The van der Waals surface area contributed by atoms with Crippen LogP contribution >= 0.6 is 15.9 Å². The van der Waals surface area contributed by atoms with Crippen LogP contribution in [0.25, 0.3) is 16.9 Å². The van der Waals surface area contributed by atoms with Crippen molar-refractivity contribution in [1.82, 2.24) is 15.0 Å². The van der Waals surface area contributed by atoms with Crippen LogP contribution in [0, 0.1) is 0 Å². The molecular formula is C11H12BrN3O. The van der Waals surface area contributed by atoms with E-state index < -0.39 is 0 Å². The highest BCUT2D eigenvalue weighted by Crippen LogP contribution is 2.15. The zero-order chi connectivity index (χ0) is 11.4. The van der Waals surface area contributed by atoms with E-state index in [4.69, 9.17) is 4.74 Å². The Morgan fingerprint density at radius 2 is 2.31 bits per heavy atom. The third-order valence-electron chi connectivity index (χ3n) is 2.10. The van der Waals surface area contributed by atoms with E-state index in [1.807, 2.05) is 37.3 Å². The van der Waals surface area contributed by atoms with Gasteiger partial charge in [0.2, 0.25) is 5.88 Å². The van der Waals surface area contributed by atoms with E-state index in [1.54, 1.807) is 4.68 Å². The molecule has 4 nitrogen and oxygen atoms in total. The SMILES string of the molecule is CCO/C(=C/CBr)n1nnc2ccccc21. The lowest BCUT2D eigenvalue weighted by atomic mass is 10.3. The van der Waals surface area contributed by atoms with Crippen molar-refractivity contribution >= 4 is 32.8 Å². The Morgan fingerprint density at radius 3 is 3.06 bits per heavy atom. The lowest BCUT2D eigenvalue weighted by Crippen LogP contribution is -2.04. The van der Waals surface area contributed by atoms with E-state index in [-0.39, 0.29) is 0 Å². The monoisotopic (exact) mass is 281 g/mol. The highest BCUT2D eigenvalue weighted by Gasteiger charge is 2.08. The van der Waals surface area contributed by atoms with Crippen molar-refractivity contribution in [3.63, 3.8) is 0 Å². The summed E-state index contributed by atoms with van der Waals surface area (Å²) in [7, 11) is 0. The van der Waals surface area contributed by atoms with Crippen LogP contribution in [-0.4, -0.2) is 26.9 Å². The van der Waals surface area contributed by atoms with Crippen molar-refractivity contribution in [1.29, 1.82) is 0 Å². The summed E-state index contributed by atoms with van der Waals surface area (Å²) in [5.41, 5.74) is 1.81. The lowest BCUT2D eigenvalue weighted by molar-refractivity contribution is 0.272. The number of alkyl halides is 1. The molecule has 0 spiro atoms. The molecule has 2 aromatic rings. The molecule has 0 aliphatic carbocycles. The number of benzene rings is 1. The topological polar surface area (TPSA) is 39.9 Å². The molecule has 0 saturated heterocycles. The summed E-state index contributed by atoms with van der Waals surface area (Å²) in [6.07, 6.45) is 1.92. The van der Waals surface area contributed by atoms with Gasteiger partial charge in [-0.3, -0.25) is 0 Å². The minimum absolute atomic E-state index is 0.604. The highest BCUT2D eigenvalue weighted by molar-refractivity contribution is 9.09. The van der Waals surface area contributed by atoms with Gasteiger partial charge in [-0.2, -0.15) is 4.68 Å². The number of hydrogen-bond donors (Lipinski definition) is 0. The second kappa shape index (κ2) is 5.12. The number of aromatic nitrogens is 3. The maximum absolute atomic E-state index is 5.53. The Kier molecular flexibility index (Phi) is 3.56. The quantitative estimate of drug-likeness (QED) is 0.639. The number of allylic oxidation sites excluding steroid dienone is 1. The Morgan fingerprint density at radius 1 is 1.50 bits per heavy atom. The summed E-state index contributed by atoms with van der Waals surface area (Å²) >= 11 is 3.35. The van der Waals surface area contributed by atoms with Gasteiger partial charge in [0.15, 0.2) is 0 Å². The third kappa shape index (κ3) is 2.09. The molecule has 5 heteroatoms. The molecule has 0 aliphatic rings. The summed E-state index contributed by atoms with van der Waals surface area (Å²) in [4.78, 5) is 0. The average Bonchev–Trinajstić information content (AvgIpc) is 2.72. The maximum Gasteiger partial charge on any atom is 0.213 e. The molecule has 0 amide bonds. The smallest absolute Gasteiger partial charge is 0.213 e. The van der Waals surface area contributed by atoms with Crippen LogP contribution in [-0.2, 0) is 4.74 Å². The van der Waals surface area contributed by atoms with Gasteiger partial charge in [-0.15, -0.1) is 5.10 Å². The van der Waals surface area contributed by atoms with Gasteiger partial charge in [0.05, 0.1) is 12.1 Å². The number of hydrogen-bond acceptors (Lipinski definition) is 3. The normalized spacial score (nSPS) is 12.0. The lowest BCUT2D eigenvalue weighted by Gasteiger charge is -2.07. The molecule has 0 unspecified atom stereocenters. The van der Waals surface area contributed by atoms with Gasteiger partial charge < -0.3 is 4.74 Å². The first-order valence-corrected chi connectivity index (χ1v) is 6.18. The molecule has 1 aromatic heterocycles. The number of fused-ring (bicyclic) bond motifs is 1. The van der Waals surface area contributed by atoms with Gasteiger partial charge in [0.1, 0.15) is 5.52 Å². The molecule has 16 heavy (non-hydrogen) atoms. The molecule has 0 bridgehead atoms. The van der Waals surface area contributed by atoms with Gasteiger partial charge in [-0.1, -0.05) is 33.3 Å². The number of para-hydroxylation sites is 1. The summed E-state index contributed by atoms with van der Waals surface area (Å²) in [6, 6.07) is 7.79. The van der Waals surface area contributed by atoms with E-state index in [1.165, 1.54) is 0 Å². The molecule has 2 rings (SSSR count). The summed E-state index contributed by atoms with van der Waals surface area (Å²) in [5.74, 6) is 0.702. The molecule has 0 atom stereocenters. The Labute approximate surface area is 102 Å². The van der Waals surface area contributed by atoms with E-state index in [0.717, 1.165) is 16.4 Å². The minimum Gasteiger partial charge on any atom is -0.478 e. The fraction of sp³-hybridized carbons (Fsp3) is 0.273. The summed E-state index contributed by atoms with van der Waals surface area (Å²) < 4.78 is 7.23. The predicted octanol–water partition coefficient (Wildman–Crippen LogP) is 2.66. The first kappa shape index (κ1) is 11.1. The first-order chi connectivity index (χ1) is 7.86. The van der Waals surface area contributed by atoms with Crippen LogP contribution in [0.3, 0.4) is 0 Å². The van der Waals surface area contributed by atoms with Crippen LogP contribution in [0.15, 0.2) is 30.3 Å². The molecule has 1 heterocycles. The Balaban J connectivity index is 2.48. The largest absolute Gasteiger partial charge is 0.478 e. The molecule has 0 fully saturated rings. The van der Waals surface area contributed by atoms with E-state index in [2.05, 4.69) is 26.2 Å². The number of nitrogens with zero attached hydrogens (tertiary/aromatic N) is 3. The van der Waals surface area contributed by atoms with Gasteiger partial charge in [0, 0.05) is 5.33 Å². The van der Waals surface area contributed by atoms with E-state index in [9.17, 15) is 0 Å². The molecule has 0 N–H and O–H groups in total. The molecule has 84 valence electrons. The molecular weight excluding hydrogens is 270 g/mol. The fourth-order valence-corrected chi connectivity index (χ4v) is 1.73. The van der Waals surface area contributed by atoms with Crippen molar-refractivity contribution in [2.75, 3.05) is 11.9 Å². The van der Waals surface area contributed by atoms with Crippen molar-refractivity contribution < 1.29 is 4.74 Å².